The van der Waals surface area contributed by atoms with Crippen molar-refractivity contribution in [1.82, 2.24) is 0 Å². The number of benzene rings is 2. The molecule has 0 spiro atoms. The minimum absolute atomic E-state index is 0.252. The summed E-state index contributed by atoms with van der Waals surface area (Å²) in [5.41, 5.74) is 2.59. The van der Waals surface area contributed by atoms with Crippen molar-refractivity contribution in [2.45, 2.75) is 20.0 Å². The summed E-state index contributed by atoms with van der Waals surface area (Å²) >= 11 is 3.53. The zero-order valence-corrected chi connectivity index (χ0v) is 13.1. The summed E-state index contributed by atoms with van der Waals surface area (Å²) in [4.78, 5) is 2.01. The lowest BCUT2D eigenvalue weighted by Crippen LogP contribution is -2.16. The molecular formula is C16H17BrFNO. The molecule has 2 rings (SSSR count). The van der Waals surface area contributed by atoms with Gasteiger partial charge in [-0.05, 0) is 65.7 Å². The van der Waals surface area contributed by atoms with Gasteiger partial charge in [0.15, 0.2) is 0 Å². The Morgan fingerprint density at radius 1 is 1.25 bits per heavy atom. The molecule has 0 saturated heterocycles. The van der Waals surface area contributed by atoms with Crippen molar-refractivity contribution >= 4 is 27.3 Å². The van der Waals surface area contributed by atoms with Gasteiger partial charge in [-0.3, -0.25) is 0 Å². The lowest BCUT2D eigenvalue weighted by atomic mass is 10.1. The molecule has 0 aliphatic heterocycles. The first-order valence-electron chi connectivity index (χ1n) is 6.53. The molecule has 2 aromatic rings. The summed E-state index contributed by atoms with van der Waals surface area (Å²) in [6.07, 6.45) is -0.510. The van der Waals surface area contributed by atoms with E-state index in [1.807, 2.05) is 36.1 Å². The van der Waals surface area contributed by atoms with Crippen molar-refractivity contribution in [2.75, 3.05) is 11.4 Å². The number of nitrogens with zero attached hydrogens (tertiary/aromatic N) is 1. The molecule has 0 radical (unpaired) electrons. The Bertz CT molecular complexity index is 601. The largest absolute Gasteiger partial charge is 0.389 e. The highest BCUT2D eigenvalue weighted by Crippen LogP contribution is 2.34. The quantitative estimate of drug-likeness (QED) is 0.866. The summed E-state index contributed by atoms with van der Waals surface area (Å²) in [5, 5.41) is 9.60. The van der Waals surface area contributed by atoms with Gasteiger partial charge in [0.2, 0.25) is 0 Å². The monoisotopic (exact) mass is 337 g/mol. The molecule has 1 unspecified atom stereocenters. The average molecular weight is 338 g/mol. The van der Waals surface area contributed by atoms with Crippen molar-refractivity contribution in [2.24, 2.45) is 0 Å². The first kappa shape index (κ1) is 15.0. The summed E-state index contributed by atoms with van der Waals surface area (Å²) in [6, 6.07) is 12.2. The molecule has 0 aromatic heterocycles. The lowest BCUT2D eigenvalue weighted by molar-refractivity contribution is 0.199. The first-order chi connectivity index (χ1) is 9.52. The van der Waals surface area contributed by atoms with Gasteiger partial charge in [-0.2, -0.15) is 0 Å². The maximum absolute atomic E-state index is 13.4. The zero-order valence-electron chi connectivity index (χ0n) is 11.5. The third-order valence-corrected chi connectivity index (χ3v) is 3.82. The Kier molecular flexibility index (Phi) is 4.78. The Morgan fingerprint density at radius 2 is 2.00 bits per heavy atom. The third kappa shape index (κ3) is 3.19. The van der Waals surface area contributed by atoms with Crippen LogP contribution in [0.5, 0.6) is 0 Å². The van der Waals surface area contributed by atoms with E-state index in [2.05, 4.69) is 15.9 Å². The van der Waals surface area contributed by atoms with E-state index < -0.39 is 6.10 Å². The number of anilines is 2. The molecule has 0 heterocycles. The second-order valence-electron chi connectivity index (χ2n) is 4.61. The smallest absolute Gasteiger partial charge is 0.125 e. The van der Waals surface area contributed by atoms with Crippen LogP contribution >= 0.6 is 15.9 Å². The van der Waals surface area contributed by atoms with Crippen LogP contribution in [0.1, 0.15) is 25.5 Å². The van der Waals surface area contributed by atoms with E-state index in [1.165, 1.54) is 12.1 Å². The van der Waals surface area contributed by atoms with Gasteiger partial charge in [0.1, 0.15) is 5.82 Å². The topological polar surface area (TPSA) is 23.5 Å². The van der Waals surface area contributed by atoms with Crippen molar-refractivity contribution in [1.29, 1.82) is 0 Å². The van der Waals surface area contributed by atoms with Gasteiger partial charge in [-0.15, -0.1) is 0 Å². The molecule has 0 bridgehead atoms. The van der Waals surface area contributed by atoms with E-state index in [9.17, 15) is 9.50 Å². The second kappa shape index (κ2) is 6.37. The maximum atomic E-state index is 13.4. The molecule has 0 amide bonds. The van der Waals surface area contributed by atoms with E-state index in [4.69, 9.17) is 0 Å². The highest BCUT2D eigenvalue weighted by molar-refractivity contribution is 9.10. The highest BCUT2D eigenvalue weighted by Gasteiger charge is 2.13. The van der Waals surface area contributed by atoms with Crippen LogP contribution in [-0.2, 0) is 0 Å². The molecule has 2 nitrogen and oxygen atoms in total. The van der Waals surface area contributed by atoms with Crippen LogP contribution in [0.4, 0.5) is 15.8 Å². The Labute approximate surface area is 127 Å². The number of aliphatic hydroxyl groups excluding tert-OH is 1. The van der Waals surface area contributed by atoms with E-state index in [0.29, 0.717) is 0 Å². The van der Waals surface area contributed by atoms with Crippen molar-refractivity contribution in [3.05, 3.63) is 58.3 Å². The van der Waals surface area contributed by atoms with Crippen LogP contribution in [0.3, 0.4) is 0 Å². The van der Waals surface area contributed by atoms with Crippen LogP contribution in [0, 0.1) is 5.82 Å². The normalized spacial score (nSPS) is 12.2. The summed E-state index contributed by atoms with van der Waals surface area (Å²) < 4.78 is 14.3. The fourth-order valence-electron chi connectivity index (χ4n) is 2.14. The number of halogens is 2. The van der Waals surface area contributed by atoms with Crippen molar-refractivity contribution < 1.29 is 9.50 Å². The molecule has 1 N–H and O–H groups in total. The van der Waals surface area contributed by atoms with E-state index in [1.54, 1.807) is 13.0 Å². The minimum atomic E-state index is -0.510. The molecule has 0 saturated carbocycles. The van der Waals surface area contributed by atoms with E-state index in [0.717, 1.165) is 28.0 Å². The molecule has 106 valence electrons. The van der Waals surface area contributed by atoms with Crippen LogP contribution in [-0.4, -0.2) is 11.7 Å². The molecular weight excluding hydrogens is 321 g/mol. The Hall–Kier alpha value is -1.39. The number of hydrogen-bond donors (Lipinski definition) is 1. The van der Waals surface area contributed by atoms with Crippen LogP contribution in [0.2, 0.25) is 0 Å². The SMILES string of the molecule is CCN(c1cccc(F)c1)c1ccc(C(C)O)cc1Br. The van der Waals surface area contributed by atoms with Crippen molar-refractivity contribution in [3.8, 4) is 0 Å². The molecule has 0 aliphatic carbocycles. The van der Waals surface area contributed by atoms with Gasteiger partial charge in [0, 0.05) is 16.7 Å². The maximum Gasteiger partial charge on any atom is 0.125 e. The van der Waals surface area contributed by atoms with Gasteiger partial charge in [0.25, 0.3) is 0 Å². The number of hydrogen-bond acceptors (Lipinski definition) is 2. The Balaban J connectivity index is 2.42. The van der Waals surface area contributed by atoms with Gasteiger partial charge in [-0.25, -0.2) is 4.39 Å². The minimum Gasteiger partial charge on any atom is -0.389 e. The fourth-order valence-corrected chi connectivity index (χ4v) is 2.75. The standard InChI is InChI=1S/C16H17BrFNO/c1-3-19(14-6-4-5-13(18)10-14)16-8-7-12(11(2)20)9-15(16)17/h4-11,20H,3H2,1-2H3. The molecule has 20 heavy (non-hydrogen) atoms. The highest BCUT2D eigenvalue weighted by atomic mass is 79.9. The molecule has 2 aromatic carbocycles. The van der Waals surface area contributed by atoms with E-state index >= 15 is 0 Å². The van der Waals surface area contributed by atoms with Crippen LogP contribution < -0.4 is 4.90 Å². The second-order valence-corrected chi connectivity index (χ2v) is 5.47. The first-order valence-corrected chi connectivity index (χ1v) is 7.33. The van der Waals surface area contributed by atoms with Gasteiger partial charge < -0.3 is 10.0 Å². The molecule has 1 atom stereocenters. The van der Waals surface area contributed by atoms with Gasteiger partial charge >= 0.3 is 0 Å². The molecule has 0 fully saturated rings. The Morgan fingerprint density at radius 3 is 2.55 bits per heavy atom. The molecule has 4 heteroatoms. The van der Waals surface area contributed by atoms with Crippen molar-refractivity contribution in [3.63, 3.8) is 0 Å². The van der Waals surface area contributed by atoms with Gasteiger partial charge in [-0.1, -0.05) is 12.1 Å². The summed E-state index contributed by atoms with van der Waals surface area (Å²) in [7, 11) is 0. The third-order valence-electron chi connectivity index (χ3n) is 3.18. The predicted octanol–water partition coefficient (Wildman–Crippen LogP) is 4.80. The predicted molar refractivity (Wildman–Crippen MR) is 83.9 cm³/mol. The van der Waals surface area contributed by atoms with E-state index in [-0.39, 0.29) is 5.82 Å². The molecule has 0 aliphatic rings. The summed E-state index contributed by atoms with van der Waals surface area (Å²) in [5.74, 6) is -0.252. The number of rotatable bonds is 4. The average Bonchev–Trinajstić information content (AvgIpc) is 2.41. The zero-order chi connectivity index (χ0) is 14.7. The lowest BCUT2D eigenvalue weighted by Gasteiger charge is -2.25. The number of aliphatic hydroxyl groups is 1. The van der Waals surface area contributed by atoms with Crippen LogP contribution in [0.15, 0.2) is 46.9 Å². The summed E-state index contributed by atoms with van der Waals surface area (Å²) in [6.45, 7) is 4.46. The van der Waals surface area contributed by atoms with Crippen LogP contribution in [0.25, 0.3) is 0 Å². The van der Waals surface area contributed by atoms with Gasteiger partial charge in [0.05, 0.1) is 11.8 Å². The fraction of sp³-hybridized carbons (Fsp3) is 0.250.